The Morgan fingerprint density at radius 1 is 1.08 bits per heavy atom. The van der Waals surface area contributed by atoms with Crippen molar-refractivity contribution in [2.24, 2.45) is 0 Å². The van der Waals surface area contributed by atoms with Gasteiger partial charge >= 0.3 is 0 Å². The SMILES string of the molecule is CC(=O)N1CCN(c2ccc(NC(=O)c3ccccc3F)cc2Cl)CC1. The molecular weight excluding hydrogens is 357 g/mol. The van der Waals surface area contributed by atoms with E-state index in [1.807, 2.05) is 6.07 Å². The first-order chi connectivity index (χ1) is 12.5. The Labute approximate surface area is 156 Å². The summed E-state index contributed by atoms with van der Waals surface area (Å²) in [7, 11) is 0. The molecule has 1 aliphatic heterocycles. The topological polar surface area (TPSA) is 52.7 Å². The zero-order valence-electron chi connectivity index (χ0n) is 14.3. The summed E-state index contributed by atoms with van der Waals surface area (Å²) in [5.74, 6) is -1.03. The van der Waals surface area contributed by atoms with Crippen molar-refractivity contribution >= 4 is 34.8 Å². The molecule has 26 heavy (non-hydrogen) atoms. The number of nitrogens with one attached hydrogen (secondary N) is 1. The Morgan fingerprint density at radius 3 is 2.38 bits per heavy atom. The molecule has 1 aliphatic rings. The zero-order valence-corrected chi connectivity index (χ0v) is 15.1. The second-order valence-corrected chi connectivity index (χ2v) is 6.50. The van der Waals surface area contributed by atoms with E-state index in [1.165, 1.54) is 18.2 Å². The number of carbonyl (C=O) groups excluding carboxylic acids is 2. The van der Waals surface area contributed by atoms with Crippen LogP contribution in [0.4, 0.5) is 15.8 Å². The number of nitrogens with zero attached hydrogens (tertiary/aromatic N) is 2. The Bertz CT molecular complexity index is 835. The van der Waals surface area contributed by atoms with Crippen LogP contribution in [0, 0.1) is 5.82 Å². The van der Waals surface area contributed by atoms with Crippen LogP contribution in [-0.4, -0.2) is 42.9 Å². The lowest BCUT2D eigenvalue weighted by Gasteiger charge is -2.36. The maximum Gasteiger partial charge on any atom is 0.258 e. The maximum atomic E-state index is 13.7. The molecule has 1 saturated heterocycles. The van der Waals surface area contributed by atoms with Crippen molar-refractivity contribution in [1.82, 2.24) is 4.90 Å². The fourth-order valence-electron chi connectivity index (χ4n) is 2.95. The summed E-state index contributed by atoms with van der Waals surface area (Å²) in [4.78, 5) is 27.5. The predicted molar refractivity (Wildman–Crippen MR) is 100 cm³/mol. The van der Waals surface area contributed by atoms with Crippen molar-refractivity contribution < 1.29 is 14.0 Å². The molecule has 0 bridgehead atoms. The van der Waals surface area contributed by atoms with Gasteiger partial charge in [0.25, 0.3) is 5.91 Å². The molecule has 0 aromatic heterocycles. The van der Waals surface area contributed by atoms with Gasteiger partial charge in [-0.2, -0.15) is 0 Å². The average Bonchev–Trinajstić information content (AvgIpc) is 2.62. The number of halogens is 2. The van der Waals surface area contributed by atoms with Gasteiger partial charge in [-0.25, -0.2) is 4.39 Å². The highest BCUT2D eigenvalue weighted by molar-refractivity contribution is 6.33. The number of benzene rings is 2. The fourth-order valence-corrected chi connectivity index (χ4v) is 3.25. The number of hydrogen-bond acceptors (Lipinski definition) is 3. The Morgan fingerprint density at radius 2 is 1.77 bits per heavy atom. The third-order valence-corrected chi connectivity index (χ3v) is 4.69. The van der Waals surface area contributed by atoms with Crippen molar-refractivity contribution in [3.8, 4) is 0 Å². The van der Waals surface area contributed by atoms with E-state index in [4.69, 9.17) is 11.6 Å². The summed E-state index contributed by atoms with van der Waals surface area (Å²) in [5.41, 5.74) is 1.32. The minimum atomic E-state index is -0.573. The molecular formula is C19H19ClFN3O2. The number of anilines is 2. The minimum absolute atomic E-state index is 0.0203. The second kappa shape index (κ2) is 7.74. The first-order valence-electron chi connectivity index (χ1n) is 8.31. The predicted octanol–water partition coefficient (Wildman–Crippen LogP) is 3.40. The third-order valence-electron chi connectivity index (χ3n) is 4.39. The lowest BCUT2D eigenvalue weighted by atomic mass is 10.2. The van der Waals surface area contributed by atoms with Gasteiger partial charge in [0.2, 0.25) is 5.91 Å². The van der Waals surface area contributed by atoms with Crippen molar-refractivity contribution in [3.63, 3.8) is 0 Å². The molecule has 0 aliphatic carbocycles. The van der Waals surface area contributed by atoms with Crippen LogP contribution in [0.15, 0.2) is 42.5 Å². The van der Waals surface area contributed by atoms with Gasteiger partial charge < -0.3 is 15.1 Å². The van der Waals surface area contributed by atoms with E-state index in [2.05, 4.69) is 10.2 Å². The molecule has 136 valence electrons. The van der Waals surface area contributed by atoms with E-state index >= 15 is 0 Å². The number of piperazine rings is 1. The quantitative estimate of drug-likeness (QED) is 0.894. The Hall–Kier alpha value is -2.60. The first-order valence-corrected chi connectivity index (χ1v) is 8.69. The normalized spacial score (nSPS) is 14.3. The highest BCUT2D eigenvalue weighted by Gasteiger charge is 2.20. The molecule has 1 heterocycles. The molecule has 0 spiro atoms. The van der Waals surface area contributed by atoms with Gasteiger partial charge in [0, 0.05) is 38.8 Å². The van der Waals surface area contributed by atoms with Crippen LogP contribution < -0.4 is 10.2 Å². The van der Waals surface area contributed by atoms with Crippen molar-refractivity contribution in [1.29, 1.82) is 0 Å². The van der Waals surface area contributed by atoms with Crippen molar-refractivity contribution in [3.05, 3.63) is 58.9 Å². The van der Waals surface area contributed by atoms with Gasteiger partial charge in [0.1, 0.15) is 5.82 Å². The van der Waals surface area contributed by atoms with Crippen molar-refractivity contribution in [2.45, 2.75) is 6.92 Å². The van der Waals surface area contributed by atoms with E-state index in [9.17, 15) is 14.0 Å². The molecule has 2 aromatic carbocycles. The highest BCUT2D eigenvalue weighted by atomic mass is 35.5. The summed E-state index contributed by atoms with van der Waals surface area (Å²) in [6.45, 7) is 4.25. The molecule has 7 heteroatoms. The molecule has 3 rings (SSSR count). The minimum Gasteiger partial charge on any atom is -0.367 e. The molecule has 0 radical (unpaired) electrons. The Kier molecular flexibility index (Phi) is 5.42. The standard InChI is InChI=1S/C19H19ClFN3O2/c1-13(25)23-8-10-24(11-9-23)18-7-6-14(12-16(18)20)22-19(26)15-4-2-3-5-17(15)21/h2-7,12H,8-11H2,1H3,(H,22,26). The molecule has 2 aromatic rings. The van der Waals surface area contributed by atoms with Gasteiger partial charge in [-0.05, 0) is 30.3 Å². The van der Waals surface area contributed by atoms with Gasteiger partial charge in [-0.1, -0.05) is 23.7 Å². The molecule has 0 unspecified atom stereocenters. The van der Waals surface area contributed by atoms with Crippen LogP contribution >= 0.6 is 11.6 Å². The average molecular weight is 376 g/mol. The first kappa shape index (κ1) is 18.2. The van der Waals surface area contributed by atoms with E-state index in [0.717, 1.165) is 5.69 Å². The van der Waals surface area contributed by atoms with E-state index < -0.39 is 11.7 Å². The maximum absolute atomic E-state index is 13.7. The monoisotopic (exact) mass is 375 g/mol. The lowest BCUT2D eigenvalue weighted by molar-refractivity contribution is -0.129. The van der Waals surface area contributed by atoms with E-state index in [1.54, 1.807) is 30.0 Å². The molecule has 1 N–H and O–H groups in total. The van der Waals surface area contributed by atoms with Crippen LogP contribution in [0.2, 0.25) is 5.02 Å². The molecule has 1 fully saturated rings. The molecule has 0 atom stereocenters. The number of amides is 2. The fraction of sp³-hybridized carbons (Fsp3) is 0.263. The summed E-state index contributed by atoms with van der Waals surface area (Å²) in [5, 5.41) is 3.15. The van der Waals surface area contributed by atoms with Gasteiger partial charge in [-0.15, -0.1) is 0 Å². The van der Waals surface area contributed by atoms with Crippen LogP contribution in [0.5, 0.6) is 0 Å². The molecule has 0 saturated carbocycles. The molecule has 2 amide bonds. The highest BCUT2D eigenvalue weighted by Crippen LogP contribution is 2.30. The van der Waals surface area contributed by atoms with E-state index in [0.29, 0.717) is 36.9 Å². The third kappa shape index (κ3) is 3.96. The smallest absolute Gasteiger partial charge is 0.258 e. The summed E-state index contributed by atoms with van der Waals surface area (Å²) in [6.07, 6.45) is 0. The van der Waals surface area contributed by atoms with Crippen LogP contribution in [0.3, 0.4) is 0 Å². The number of rotatable bonds is 3. The summed E-state index contributed by atoms with van der Waals surface area (Å²) < 4.78 is 13.7. The number of hydrogen-bond donors (Lipinski definition) is 1. The van der Waals surface area contributed by atoms with E-state index in [-0.39, 0.29) is 11.5 Å². The second-order valence-electron chi connectivity index (χ2n) is 6.09. The van der Waals surface area contributed by atoms with Gasteiger partial charge in [0.15, 0.2) is 0 Å². The summed E-state index contributed by atoms with van der Waals surface area (Å²) >= 11 is 6.37. The van der Waals surface area contributed by atoms with Crippen LogP contribution in [0.1, 0.15) is 17.3 Å². The Balaban J connectivity index is 1.69. The zero-order chi connectivity index (χ0) is 18.7. The largest absolute Gasteiger partial charge is 0.367 e. The van der Waals surface area contributed by atoms with Gasteiger partial charge in [0.05, 0.1) is 16.3 Å². The van der Waals surface area contributed by atoms with Crippen LogP contribution in [0.25, 0.3) is 0 Å². The summed E-state index contributed by atoms with van der Waals surface area (Å²) in [6, 6.07) is 11.0. The lowest BCUT2D eigenvalue weighted by Crippen LogP contribution is -2.48. The number of carbonyl (C=O) groups is 2. The van der Waals surface area contributed by atoms with Gasteiger partial charge in [-0.3, -0.25) is 9.59 Å². The molecule has 5 nitrogen and oxygen atoms in total. The van der Waals surface area contributed by atoms with Crippen molar-refractivity contribution in [2.75, 3.05) is 36.4 Å². The van der Waals surface area contributed by atoms with Crippen LogP contribution in [-0.2, 0) is 4.79 Å².